The molecule has 0 aliphatic rings. The van der Waals surface area contributed by atoms with Crippen LogP contribution in [0.1, 0.15) is 0 Å². The topological polar surface area (TPSA) is 30.7 Å². The maximum atomic E-state index is 5.56. The molecular weight excluding hydrogens is 356 g/mol. The van der Waals surface area contributed by atoms with Crippen LogP contribution in [-0.2, 0) is 6.54 Å². The molecule has 0 fully saturated rings. The average molecular weight is 358 g/mol. The summed E-state index contributed by atoms with van der Waals surface area (Å²) in [6.07, 6.45) is 0. The maximum Gasteiger partial charge on any atom is 0.218 e. The lowest BCUT2D eigenvalue weighted by Crippen LogP contribution is -2.15. The van der Waals surface area contributed by atoms with Crippen LogP contribution in [0.3, 0.4) is 0 Å². The fourth-order valence-electron chi connectivity index (χ4n) is 0.567. The molecule has 1 heterocycles. The summed E-state index contributed by atoms with van der Waals surface area (Å²) in [6, 6.07) is 0. The minimum Gasteiger partial charge on any atom is -0.235 e. The first-order valence-corrected chi connectivity index (χ1v) is 5.43. The number of alkyl halides is 3. The van der Waals surface area contributed by atoms with Gasteiger partial charge in [-0.05, 0) is 31.9 Å². The summed E-state index contributed by atoms with van der Waals surface area (Å²) >= 11 is 22.9. The summed E-state index contributed by atoms with van der Waals surface area (Å²) in [5, 5.41) is 3.92. The van der Waals surface area contributed by atoms with Crippen molar-refractivity contribution in [2.45, 2.75) is 10.3 Å². The second kappa shape index (κ2) is 4.00. The highest BCUT2D eigenvalue weighted by molar-refractivity contribution is 9.11. The molecule has 0 saturated carbocycles. The van der Waals surface area contributed by atoms with Gasteiger partial charge in [0.2, 0.25) is 8.53 Å². The third-order valence-corrected chi connectivity index (χ3v) is 2.21. The van der Waals surface area contributed by atoms with E-state index in [-0.39, 0.29) is 6.54 Å². The Kier molecular flexibility index (Phi) is 3.69. The number of halogens is 5. The first-order chi connectivity index (χ1) is 5.38. The van der Waals surface area contributed by atoms with Gasteiger partial charge in [0.05, 0.1) is 6.54 Å². The van der Waals surface area contributed by atoms with Gasteiger partial charge in [0, 0.05) is 0 Å². The number of rotatable bonds is 1. The van der Waals surface area contributed by atoms with Crippen molar-refractivity contribution in [2.75, 3.05) is 0 Å². The Hall–Kier alpha value is 0.970. The lowest BCUT2D eigenvalue weighted by molar-refractivity contribution is 0.608. The average Bonchev–Trinajstić information content (AvgIpc) is 2.06. The van der Waals surface area contributed by atoms with E-state index in [0.29, 0.717) is 9.47 Å². The molecule has 0 atom stereocenters. The Morgan fingerprint density at radius 3 is 2.25 bits per heavy atom. The lowest BCUT2D eigenvalue weighted by Gasteiger charge is -2.09. The Balaban J connectivity index is 2.82. The summed E-state index contributed by atoms with van der Waals surface area (Å²) in [7, 11) is 0. The van der Waals surface area contributed by atoms with E-state index in [9.17, 15) is 0 Å². The predicted octanol–water partition coefficient (Wildman–Crippen LogP) is 3.17. The zero-order valence-electron chi connectivity index (χ0n) is 5.44. The second-order valence-electron chi connectivity index (χ2n) is 1.92. The molecule has 8 heteroatoms. The van der Waals surface area contributed by atoms with Crippen molar-refractivity contribution in [1.29, 1.82) is 0 Å². The van der Waals surface area contributed by atoms with Crippen molar-refractivity contribution in [3.8, 4) is 0 Å². The second-order valence-corrected chi connectivity index (χ2v) is 5.86. The lowest BCUT2D eigenvalue weighted by atomic mass is 10.7. The van der Waals surface area contributed by atoms with Crippen LogP contribution < -0.4 is 0 Å². The number of nitrogens with zero attached hydrogens (tertiary/aromatic N) is 3. The van der Waals surface area contributed by atoms with Gasteiger partial charge in [0.1, 0.15) is 0 Å². The van der Waals surface area contributed by atoms with E-state index in [0.717, 1.165) is 0 Å². The zero-order valence-corrected chi connectivity index (χ0v) is 10.9. The molecule has 0 unspecified atom stereocenters. The largest absolute Gasteiger partial charge is 0.235 e. The molecule has 0 aliphatic carbocycles. The van der Waals surface area contributed by atoms with Crippen molar-refractivity contribution >= 4 is 66.7 Å². The molecule has 0 amide bonds. The van der Waals surface area contributed by atoms with Gasteiger partial charge >= 0.3 is 0 Å². The molecular formula is C4H2Br2Cl3N3. The molecule has 0 spiro atoms. The minimum atomic E-state index is -1.37. The Morgan fingerprint density at radius 1 is 1.33 bits per heavy atom. The van der Waals surface area contributed by atoms with Crippen molar-refractivity contribution in [1.82, 2.24) is 14.8 Å². The molecule has 0 saturated heterocycles. The van der Waals surface area contributed by atoms with E-state index in [2.05, 4.69) is 41.9 Å². The summed E-state index contributed by atoms with van der Waals surface area (Å²) in [5.41, 5.74) is 0. The van der Waals surface area contributed by atoms with Gasteiger partial charge in [0.25, 0.3) is 0 Å². The standard InChI is InChI=1S/C4H2Br2Cl3N3/c5-2-10-3(6)12(11-2)1-4(7,8)9/h1H2. The highest BCUT2D eigenvalue weighted by Crippen LogP contribution is 2.29. The van der Waals surface area contributed by atoms with Crippen molar-refractivity contribution < 1.29 is 0 Å². The van der Waals surface area contributed by atoms with E-state index in [1.165, 1.54) is 4.68 Å². The fourth-order valence-corrected chi connectivity index (χ4v) is 1.88. The Morgan fingerprint density at radius 2 is 1.92 bits per heavy atom. The number of hydrogen-bond donors (Lipinski definition) is 0. The van der Waals surface area contributed by atoms with Crippen LogP contribution in [0, 0.1) is 0 Å². The molecule has 68 valence electrons. The van der Waals surface area contributed by atoms with Gasteiger partial charge in [-0.2, -0.15) is 4.98 Å². The van der Waals surface area contributed by atoms with Crippen LogP contribution in [0.4, 0.5) is 0 Å². The van der Waals surface area contributed by atoms with Crippen LogP contribution in [0.2, 0.25) is 0 Å². The Bertz CT molecular complexity index is 282. The van der Waals surface area contributed by atoms with Gasteiger partial charge in [-0.25, -0.2) is 4.68 Å². The third-order valence-electron chi connectivity index (χ3n) is 0.930. The summed E-state index contributed by atoms with van der Waals surface area (Å²) < 4.78 is 1.04. The van der Waals surface area contributed by atoms with Gasteiger partial charge in [0.15, 0.2) is 4.73 Å². The van der Waals surface area contributed by atoms with E-state index in [1.54, 1.807) is 0 Å². The van der Waals surface area contributed by atoms with E-state index < -0.39 is 3.79 Å². The minimum absolute atomic E-state index is 0.150. The quantitative estimate of drug-likeness (QED) is 0.722. The molecule has 12 heavy (non-hydrogen) atoms. The van der Waals surface area contributed by atoms with Gasteiger partial charge in [-0.3, -0.25) is 0 Å². The summed E-state index contributed by atoms with van der Waals surface area (Å²) in [5.74, 6) is 0. The SMILES string of the molecule is ClC(Cl)(Cl)Cn1nc(Br)nc1Br. The van der Waals surface area contributed by atoms with Crippen molar-refractivity contribution in [2.24, 2.45) is 0 Å². The predicted molar refractivity (Wildman–Crippen MR) is 55.7 cm³/mol. The third kappa shape index (κ3) is 3.38. The number of aromatic nitrogens is 3. The van der Waals surface area contributed by atoms with Crippen LogP contribution in [0.25, 0.3) is 0 Å². The fraction of sp³-hybridized carbons (Fsp3) is 0.500. The highest BCUT2D eigenvalue weighted by atomic mass is 79.9. The molecule has 1 aromatic heterocycles. The van der Waals surface area contributed by atoms with Gasteiger partial charge in [-0.15, -0.1) is 5.10 Å². The zero-order chi connectivity index (χ0) is 9.35. The van der Waals surface area contributed by atoms with Crippen LogP contribution >= 0.6 is 66.7 Å². The molecule has 0 radical (unpaired) electrons. The van der Waals surface area contributed by atoms with Crippen LogP contribution in [0.5, 0.6) is 0 Å². The molecule has 0 bridgehead atoms. The molecule has 3 nitrogen and oxygen atoms in total. The van der Waals surface area contributed by atoms with Gasteiger partial charge in [-0.1, -0.05) is 34.8 Å². The maximum absolute atomic E-state index is 5.56. The molecule has 0 N–H and O–H groups in total. The monoisotopic (exact) mass is 355 g/mol. The summed E-state index contributed by atoms with van der Waals surface area (Å²) in [6.45, 7) is 0.150. The normalized spacial score (nSPS) is 12.1. The van der Waals surface area contributed by atoms with Gasteiger partial charge < -0.3 is 0 Å². The summed E-state index contributed by atoms with van der Waals surface area (Å²) in [4.78, 5) is 3.90. The van der Waals surface area contributed by atoms with Crippen molar-refractivity contribution in [3.63, 3.8) is 0 Å². The van der Waals surface area contributed by atoms with E-state index in [1.807, 2.05) is 0 Å². The van der Waals surface area contributed by atoms with E-state index in [4.69, 9.17) is 34.8 Å². The van der Waals surface area contributed by atoms with Crippen molar-refractivity contribution in [3.05, 3.63) is 9.47 Å². The highest BCUT2D eigenvalue weighted by Gasteiger charge is 2.22. The smallest absolute Gasteiger partial charge is 0.218 e. The van der Waals surface area contributed by atoms with Crippen LogP contribution in [-0.4, -0.2) is 18.6 Å². The molecule has 0 aliphatic heterocycles. The van der Waals surface area contributed by atoms with Crippen LogP contribution in [0.15, 0.2) is 9.47 Å². The first kappa shape index (κ1) is 11.0. The molecule has 1 aromatic rings. The molecule has 1 rings (SSSR count). The molecule has 0 aromatic carbocycles. The van der Waals surface area contributed by atoms with E-state index >= 15 is 0 Å². The first-order valence-electron chi connectivity index (χ1n) is 2.71. The Labute approximate surface area is 101 Å². The number of hydrogen-bond acceptors (Lipinski definition) is 2.